The third kappa shape index (κ3) is 2.44. The normalized spacial score (nSPS) is 18.2. The molecule has 0 spiro atoms. The Morgan fingerprint density at radius 1 is 1.65 bits per heavy atom. The maximum atomic E-state index is 12.3. The quantitative estimate of drug-likeness (QED) is 0.838. The van der Waals surface area contributed by atoms with Crippen LogP contribution in [-0.2, 0) is 11.3 Å². The maximum absolute atomic E-state index is 12.3. The highest BCUT2D eigenvalue weighted by Gasteiger charge is 2.31. The summed E-state index contributed by atoms with van der Waals surface area (Å²) in [6.07, 6.45) is 3.25. The van der Waals surface area contributed by atoms with Crippen LogP contribution < -0.4 is 5.32 Å². The zero-order valence-electron chi connectivity index (χ0n) is 10.5. The summed E-state index contributed by atoms with van der Waals surface area (Å²) in [6, 6.07) is -0.282. The second-order valence-electron chi connectivity index (χ2n) is 4.85. The summed E-state index contributed by atoms with van der Waals surface area (Å²) < 4.78 is 0. The van der Waals surface area contributed by atoms with Crippen molar-refractivity contribution in [2.45, 2.75) is 26.4 Å². The van der Waals surface area contributed by atoms with Crippen molar-refractivity contribution in [3.63, 3.8) is 0 Å². The number of fused-ring (bicyclic) bond motifs is 1. The first-order valence-corrected chi connectivity index (χ1v) is 5.86. The molecule has 0 fully saturated rings. The van der Waals surface area contributed by atoms with Crippen LogP contribution in [0.1, 0.15) is 31.1 Å². The van der Waals surface area contributed by atoms with Gasteiger partial charge in [0.1, 0.15) is 12.4 Å². The van der Waals surface area contributed by atoms with Gasteiger partial charge in [0.25, 0.3) is 0 Å². The summed E-state index contributed by atoms with van der Waals surface area (Å²) in [7, 11) is 1.84. The minimum Gasteiger partial charge on any atom is -0.344 e. The lowest BCUT2D eigenvalue weighted by Gasteiger charge is -2.23. The SMILES string of the molecule is CC(C)CN(C)C(=O)C1NCc2ncncc21. The fourth-order valence-electron chi connectivity index (χ4n) is 2.14. The van der Waals surface area contributed by atoms with E-state index in [1.807, 2.05) is 7.05 Å². The predicted molar refractivity (Wildman–Crippen MR) is 64.1 cm³/mol. The van der Waals surface area contributed by atoms with Crippen LogP contribution in [0.15, 0.2) is 12.5 Å². The van der Waals surface area contributed by atoms with Crippen LogP contribution in [-0.4, -0.2) is 34.4 Å². The van der Waals surface area contributed by atoms with E-state index in [-0.39, 0.29) is 11.9 Å². The summed E-state index contributed by atoms with van der Waals surface area (Å²) in [4.78, 5) is 22.2. The molecule has 1 aromatic rings. The van der Waals surface area contributed by atoms with Gasteiger partial charge in [-0.1, -0.05) is 13.8 Å². The van der Waals surface area contributed by atoms with E-state index in [1.165, 1.54) is 6.33 Å². The minimum absolute atomic E-state index is 0.0900. The molecule has 5 nitrogen and oxygen atoms in total. The van der Waals surface area contributed by atoms with Crippen molar-refractivity contribution < 1.29 is 4.79 Å². The molecule has 0 saturated carbocycles. The van der Waals surface area contributed by atoms with Crippen molar-refractivity contribution in [1.29, 1.82) is 0 Å². The Morgan fingerprint density at radius 2 is 2.41 bits per heavy atom. The van der Waals surface area contributed by atoms with Gasteiger partial charge in [0.05, 0.1) is 5.69 Å². The van der Waals surface area contributed by atoms with Gasteiger partial charge in [-0.3, -0.25) is 10.1 Å². The van der Waals surface area contributed by atoms with Crippen LogP contribution in [0.2, 0.25) is 0 Å². The highest BCUT2D eigenvalue weighted by atomic mass is 16.2. The fourth-order valence-corrected chi connectivity index (χ4v) is 2.14. The van der Waals surface area contributed by atoms with Crippen molar-refractivity contribution in [2.24, 2.45) is 5.92 Å². The number of nitrogens with zero attached hydrogens (tertiary/aromatic N) is 3. The number of hydrogen-bond acceptors (Lipinski definition) is 4. The fraction of sp³-hybridized carbons (Fsp3) is 0.583. The first-order chi connectivity index (χ1) is 8.09. The van der Waals surface area contributed by atoms with E-state index in [0.29, 0.717) is 12.5 Å². The molecule has 92 valence electrons. The Kier molecular flexibility index (Phi) is 3.38. The number of amides is 1. The van der Waals surface area contributed by atoms with Crippen LogP contribution in [0.4, 0.5) is 0 Å². The number of carbonyl (C=O) groups is 1. The zero-order chi connectivity index (χ0) is 12.4. The van der Waals surface area contributed by atoms with E-state index in [9.17, 15) is 4.79 Å². The van der Waals surface area contributed by atoms with Gasteiger partial charge in [-0.25, -0.2) is 9.97 Å². The van der Waals surface area contributed by atoms with E-state index in [0.717, 1.165) is 17.8 Å². The molecule has 1 aliphatic rings. The number of nitrogens with one attached hydrogen (secondary N) is 1. The van der Waals surface area contributed by atoms with Gasteiger partial charge in [-0.05, 0) is 5.92 Å². The van der Waals surface area contributed by atoms with Gasteiger partial charge < -0.3 is 4.90 Å². The number of hydrogen-bond donors (Lipinski definition) is 1. The first-order valence-electron chi connectivity index (χ1n) is 5.86. The number of likely N-dealkylation sites (N-methyl/N-ethyl adjacent to an activating group) is 1. The predicted octanol–water partition coefficient (Wildman–Crippen LogP) is 0.735. The molecule has 0 saturated heterocycles. The van der Waals surface area contributed by atoms with Gasteiger partial charge in [0, 0.05) is 31.9 Å². The third-order valence-corrected chi connectivity index (χ3v) is 2.87. The largest absolute Gasteiger partial charge is 0.344 e. The molecule has 0 radical (unpaired) electrons. The Bertz CT molecular complexity index is 419. The lowest BCUT2D eigenvalue weighted by Crippen LogP contribution is -2.37. The minimum atomic E-state index is -0.282. The number of carbonyl (C=O) groups excluding carboxylic acids is 1. The van der Waals surface area contributed by atoms with Gasteiger partial charge in [-0.15, -0.1) is 0 Å². The van der Waals surface area contributed by atoms with Crippen molar-refractivity contribution in [1.82, 2.24) is 20.2 Å². The Hall–Kier alpha value is -1.49. The third-order valence-electron chi connectivity index (χ3n) is 2.87. The zero-order valence-corrected chi connectivity index (χ0v) is 10.5. The molecule has 17 heavy (non-hydrogen) atoms. The lowest BCUT2D eigenvalue weighted by atomic mass is 10.1. The average Bonchev–Trinajstić information content (AvgIpc) is 2.70. The van der Waals surface area contributed by atoms with Gasteiger partial charge in [0.15, 0.2) is 0 Å². The highest BCUT2D eigenvalue weighted by Crippen LogP contribution is 2.24. The number of rotatable bonds is 3. The standard InChI is InChI=1S/C12H18N4O/c1-8(2)6-16(3)12(17)11-9-4-13-7-15-10(9)5-14-11/h4,7-8,11,14H,5-6H2,1-3H3. The maximum Gasteiger partial charge on any atom is 0.244 e. The van der Waals surface area contributed by atoms with Crippen LogP contribution in [0.5, 0.6) is 0 Å². The van der Waals surface area contributed by atoms with Crippen LogP contribution >= 0.6 is 0 Å². The molecule has 1 aromatic heterocycles. The summed E-state index contributed by atoms with van der Waals surface area (Å²) in [6.45, 7) is 5.61. The molecule has 1 aliphatic heterocycles. The van der Waals surface area contributed by atoms with E-state index in [1.54, 1.807) is 11.1 Å². The smallest absolute Gasteiger partial charge is 0.244 e. The second kappa shape index (κ2) is 4.79. The molecule has 2 heterocycles. The molecule has 1 atom stereocenters. The van der Waals surface area contributed by atoms with E-state index in [4.69, 9.17) is 0 Å². The van der Waals surface area contributed by atoms with Crippen molar-refractivity contribution >= 4 is 5.91 Å². The summed E-state index contributed by atoms with van der Waals surface area (Å²) in [5.41, 5.74) is 1.84. The van der Waals surface area contributed by atoms with E-state index < -0.39 is 0 Å². The second-order valence-corrected chi connectivity index (χ2v) is 4.85. The van der Waals surface area contributed by atoms with Crippen molar-refractivity contribution in [2.75, 3.05) is 13.6 Å². The van der Waals surface area contributed by atoms with Crippen molar-refractivity contribution in [3.05, 3.63) is 23.8 Å². The summed E-state index contributed by atoms with van der Waals surface area (Å²) in [5, 5.41) is 3.18. The van der Waals surface area contributed by atoms with Gasteiger partial charge in [0.2, 0.25) is 5.91 Å². The summed E-state index contributed by atoms with van der Waals surface area (Å²) >= 11 is 0. The summed E-state index contributed by atoms with van der Waals surface area (Å²) in [5.74, 6) is 0.559. The molecule has 1 N–H and O–H groups in total. The topological polar surface area (TPSA) is 58.1 Å². The van der Waals surface area contributed by atoms with Gasteiger partial charge >= 0.3 is 0 Å². The molecule has 1 amide bonds. The van der Waals surface area contributed by atoms with Crippen LogP contribution in [0, 0.1) is 5.92 Å². The molecule has 2 rings (SSSR count). The average molecular weight is 234 g/mol. The molecule has 0 bridgehead atoms. The molecular formula is C12H18N4O. The molecule has 1 unspecified atom stereocenters. The molecule has 5 heteroatoms. The van der Waals surface area contributed by atoms with Crippen molar-refractivity contribution in [3.8, 4) is 0 Å². The van der Waals surface area contributed by atoms with Crippen LogP contribution in [0.3, 0.4) is 0 Å². The van der Waals surface area contributed by atoms with Gasteiger partial charge in [-0.2, -0.15) is 0 Å². The molecule has 0 aliphatic carbocycles. The first kappa shape index (κ1) is 12.0. The van der Waals surface area contributed by atoms with Crippen LogP contribution in [0.25, 0.3) is 0 Å². The molecular weight excluding hydrogens is 216 g/mol. The Morgan fingerprint density at radius 3 is 3.12 bits per heavy atom. The number of aromatic nitrogens is 2. The van der Waals surface area contributed by atoms with E-state index in [2.05, 4.69) is 29.1 Å². The Labute approximate surface area is 101 Å². The lowest BCUT2D eigenvalue weighted by molar-refractivity contribution is -0.132. The highest BCUT2D eigenvalue weighted by molar-refractivity contribution is 5.84. The molecule has 0 aromatic carbocycles. The Balaban J connectivity index is 2.12. The monoisotopic (exact) mass is 234 g/mol. The van der Waals surface area contributed by atoms with E-state index >= 15 is 0 Å².